The monoisotopic (exact) mass is 418 g/mol. The Hall–Kier alpha value is -1.42. The molecule has 2 atom stereocenters. The number of anilines is 1. The van der Waals surface area contributed by atoms with Gasteiger partial charge in [-0.3, -0.25) is 9.69 Å². The van der Waals surface area contributed by atoms with E-state index in [9.17, 15) is 9.18 Å². The normalized spacial score (nSPS) is 17.2. The van der Waals surface area contributed by atoms with Crippen LogP contribution in [-0.2, 0) is 6.42 Å². The third-order valence-corrected chi connectivity index (χ3v) is 6.87. The zero-order valence-electron chi connectivity index (χ0n) is 20.0. The first-order chi connectivity index (χ1) is 14.4. The zero-order valence-corrected chi connectivity index (χ0v) is 20.0. The average Bonchev–Trinajstić information content (AvgIpc) is 2.77. The standard InChI is InChI=1S/C26H43FN2O/c1-6-10-21(12-11-20(5)7-2)19-28-13-15-29(16-14-28)25-17-22(8-3)23(18-24(25)27)26(30)9-4/h17-18,20-21H,6-16,19H2,1-5H3/t20-,21?/m1/s1. The lowest BCUT2D eigenvalue weighted by Gasteiger charge is -2.38. The van der Waals surface area contributed by atoms with E-state index in [1.54, 1.807) is 0 Å². The summed E-state index contributed by atoms with van der Waals surface area (Å²) in [5.74, 6) is 1.37. The van der Waals surface area contributed by atoms with E-state index in [4.69, 9.17) is 0 Å². The summed E-state index contributed by atoms with van der Waals surface area (Å²) < 4.78 is 14.9. The predicted molar refractivity (Wildman–Crippen MR) is 126 cm³/mol. The van der Waals surface area contributed by atoms with E-state index in [-0.39, 0.29) is 11.6 Å². The molecule has 4 heteroatoms. The van der Waals surface area contributed by atoms with Crippen LogP contribution in [0.1, 0.15) is 89.1 Å². The maximum atomic E-state index is 14.9. The number of benzene rings is 1. The molecule has 0 aromatic heterocycles. The van der Waals surface area contributed by atoms with E-state index in [0.29, 0.717) is 17.7 Å². The summed E-state index contributed by atoms with van der Waals surface area (Å²) in [5, 5.41) is 0. The minimum atomic E-state index is -0.255. The lowest BCUT2D eigenvalue weighted by atomic mass is 9.91. The summed E-state index contributed by atoms with van der Waals surface area (Å²) in [6.07, 6.45) is 7.64. The second-order valence-electron chi connectivity index (χ2n) is 9.12. The number of ketones is 1. The molecular formula is C26H43FN2O. The number of rotatable bonds is 12. The molecule has 0 saturated carbocycles. The molecule has 1 saturated heterocycles. The van der Waals surface area contributed by atoms with Gasteiger partial charge in [-0.1, -0.05) is 53.9 Å². The van der Waals surface area contributed by atoms with Gasteiger partial charge in [0.1, 0.15) is 5.82 Å². The molecule has 1 aromatic carbocycles. The molecule has 1 unspecified atom stereocenters. The van der Waals surface area contributed by atoms with Gasteiger partial charge >= 0.3 is 0 Å². The van der Waals surface area contributed by atoms with Crippen molar-refractivity contribution in [2.45, 2.75) is 79.6 Å². The van der Waals surface area contributed by atoms with Crippen LogP contribution in [-0.4, -0.2) is 43.4 Å². The minimum Gasteiger partial charge on any atom is -0.367 e. The highest BCUT2D eigenvalue weighted by molar-refractivity contribution is 5.97. The van der Waals surface area contributed by atoms with Gasteiger partial charge in [0.2, 0.25) is 0 Å². The largest absolute Gasteiger partial charge is 0.367 e. The Morgan fingerprint density at radius 2 is 1.73 bits per heavy atom. The van der Waals surface area contributed by atoms with Crippen LogP contribution in [0.5, 0.6) is 0 Å². The Kier molecular flexibility index (Phi) is 10.3. The SMILES string of the molecule is CCCC(CC[C@H](C)CC)CN1CCN(c2cc(CC)c(C(=O)CC)cc2F)CC1. The number of carbonyl (C=O) groups excluding carboxylic acids is 1. The lowest BCUT2D eigenvalue weighted by Crippen LogP contribution is -2.48. The molecule has 3 nitrogen and oxygen atoms in total. The second-order valence-corrected chi connectivity index (χ2v) is 9.12. The second kappa shape index (κ2) is 12.4. The number of carbonyl (C=O) groups is 1. The molecule has 1 heterocycles. The first-order valence-corrected chi connectivity index (χ1v) is 12.3. The maximum absolute atomic E-state index is 14.9. The van der Waals surface area contributed by atoms with Crippen LogP contribution in [0.2, 0.25) is 0 Å². The van der Waals surface area contributed by atoms with Crippen molar-refractivity contribution in [1.82, 2.24) is 4.90 Å². The molecule has 170 valence electrons. The van der Waals surface area contributed by atoms with Gasteiger partial charge in [0.05, 0.1) is 5.69 Å². The predicted octanol–water partition coefficient (Wildman–Crippen LogP) is 6.35. The van der Waals surface area contributed by atoms with E-state index in [1.807, 2.05) is 19.9 Å². The van der Waals surface area contributed by atoms with Gasteiger partial charge in [-0.25, -0.2) is 4.39 Å². The maximum Gasteiger partial charge on any atom is 0.162 e. The highest BCUT2D eigenvalue weighted by Crippen LogP contribution is 2.27. The Bertz CT molecular complexity index is 667. The van der Waals surface area contributed by atoms with Crippen molar-refractivity contribution in [3.63, 3.8) is 0 Å². The fraction of sp³-hybridized carbons (Fsp3) is 0.731. The summed E-state index contributed by atoms with van der Waals surface area (Å²) in [5.41, 5.74) is 2.19. The van der Waals surface area contributed by atoms with Crippen molar-refractivity contribution in [1.29, 1.82) is 0 Å². The molecule has 0 N–H and O–H groups in total. The van der Waals surface area contributed by atoms with Crippen molar-refractivity contribution in [3.05, 3.63) is 29.1 Å². The van der Waals surface area contributed by atoms with Crippen LogP contribution in [0.15, 0.2) is 12.1 Å². The van der Waals surface area contributed by atoms with Crippen LogP contribution >= 0.6 is 0 Å². The molecule has 2 rings (SSSR count). The molecule has 1 aromatic rings. The lowest BCUT2D eigenvalue weighted by molar-refractivity contribution is 0.0987. The van der Waals surface area contributed by atoms with Crippen molar-refractivity contribution in [3.8, 4) is 0 Å². The summed E-state index contributed by atoms with van der Waals surface area (Å²) in [6.45, 7) is 15.7. The molecule has 1 aliphatic rings. The smallest absolute Gasteiger partial charge is 0.162 e. The molecule has 1 aliphatic heterocycles. The summed E-state index contributed by atoms with van der Waals surface area (Å²) in [7, 11) is 0. The fourth-order valence-corrected chi connectivity index (χ4v) is 4.59. The third-order valence-electron chi connectivity index (χ3n) is 6.87. The number of piperazine rings is 1. The average molecular weight is 419 g/mol. The van der Waals surface area contributed by atoms with Crippen molar-refractivity contribution in [2.24, 2.45) is 11.8 Å². The van der Waals surface area contributed by atoms with E-state index in [2.05, 4.69) is 30.6 Å². The van der Waals surface area contributed by atoms with Gasteiger partial charge < -0.3 is 4.90 Å². The molecular weight excluding hydrogens is 375 g/mol. The Balaban J connectivity index is 1.98. The van der Waals surface area contributed by atoms with Crippen LogP contribution < -0.4 is 4.90 Å². The molecule has 0 aliphatic carbocycles. The van der Waals surface area contributed by atoms with E-state index >= 15 is 0 Å². The molecule has 0 spiro atoms. The number of hydrogen-bond acceptors (Lipinski definition) is 3. The quantitative estimate of drug-likeness (QED) is 0.370. The van der Waals surface area contributed by atoms with Crippen LogP contribution in [0.25, 0.3) is 0 Å². The van der Waals surface area contributed by atoms with Gasteiger partial charge in [-0.05, 0) is 48.8 Å². The Morgan fingerprint density at radius 1 is 1.03 bits per heavy atom. The van der Waals surface area contributed by atoms with Crippen LogP contribution in [0.3, 0.4) is 0 Å². The molecule has 0 radical (unpaired) electrons. The van der Waals surface area contributed by atoms with Gasteiger partial charge in [0.15, 0.2) is 5.78 Å². The third kappa shape index (κ3) is 6.80. The molecule has 1 fully saturated rings. The summed E-state index contributed by atoms with van der Waals surface area (Å²) in [4.78, 5) is 16.9. The van der Waals surface area contributed by atoms with E-state index in [1.165, 1.54) is 44.7 Å². The Labute approximate surface area is 184 Å². The van der Waals surface area contributed by atoms with E-state index in [0.717, 1.165) is 50.0 Å². The highest BCUT2D eigenvalue weighted by atomic mass is 19.1. The topological polar surface area (TPSA) is 23.6 Å². The van der Waals surface area contributed by atoms with Crippen molar-refractivity contribution >= 4 is 11.5 Å². The highest BCUT2D eigenvalue weighted by Gasteiger charge is 2.23. The summed E-state index contributed by atoms with van der Waals surface area (Å²) in [6, 6.07) is 3.39. The summed E-state index contributed by atoms with van der Waals surface area (Å²) >= 11 is 0. The number of hydrogen-bond donors (Lipinski definition) is 0. The van der Waals surface area contributed by atoms with Gasteiger partial charge in [-0.15, -0.1) is 0 Å². The first-order valence-electron chi connectivity index (χ1n) is 12.3. The van der Waals surface area contributed by atoms with Crippen molar-refractivity contribution < 1.29 is 9.18 Å². The zero-order chi connectivity index (χ0) is 22.1. The van der Waals surface area contributed by atoms with Gasteiger partial charge in [0, 0.05) is 44.7 Å². The van der Waals surface area contributed by atoms with Gasteiger partial charge in [-0.2, -0.15) is 0 Å². The molecule has 0 bridgehead atoms. The number of Topliss-reactive ketones (excluding diaryl/α,β-unsaturated/α-hetero) is 1. The van der Waals surface area contributed by atoms with Gasteiger partial charge in [0.25, 0.3) is 0 Å². The molecule has 0 amide bonds. The van der Waals surface area contributed by atoms with E-state index < -0.39 is 0 Å². The number of halogens is 1. The number of nitrogens with zero attached hydrogens (tertiary/aromatic N) is 2. The van der Waals surface area contributed by atoms with Crippen LogP contribution in [0.4, 0.5) is 10.1 Å². The van der Waals surface area contributed by atoms with Crippen molar-refractivity contribution in [2.75, 3.05) is 37.6 Å². The fourth-order valence-electron chi connectivity index (χ4n) is 4.59. The number of aryl methyl sites for hydroxylation is 1. The Morgan fingerprint density at radius 3 is 2.30 bits per heavy atom. The van der Waals surface area contributed by atoms with Crippen LogP contribution in [0, 0.1) is 17.7 Å². The minimum absolute atomic E-state index is 0.0291. The first kappa shape index (κ1) is 24.8. The molecule has 30 heavy (non-hydrogen) atoms.